The molecule has 32 heavy (non-hydrogen) atoms. The van der Waals surface area contributed by atoms with Crippen molar-refractivity contribution in [3.8, 4) is 0 Å². The second-order valence-corrected chi connectivity index (χ2v) is 15.7. The van der Waals surface area contributed by atoms with Crippen LogP contribution in [0.25, 0.3) is 11.0 Å². The maximum Gasteiger partial charge on any atom is 0.253 e. The van der Waals surface area contributed by atoms with Crippen molar-refractivity contribution in [2.45, 2.75) is 70.2 Å². The molecule has 178 valence electrons. The van der Waals surface area contributed by atoms with Gasteiger partial charge in [-0.3, -0.25) is 9.78 Å². The van der Waals surface area contributed by atoms with E-state index >= 15 is 0 Å². The van der Waals surface area contributed by atoms with Gasteiger partial charge in [-0.25, -0.2) is 0 Å². The Morgan fingerprint density at radius 1 is 1.22 bits per heavy atom. The van der Waals surface area contributed by atoms with Gasteiger partial charge in [0.2, 0.25) is 0 Å². The van der Waals surface area contributed by atoms with Crippen LogP contribution in [0.5, 0.6) is 0 Å². The Balaban J connectivity index is 1.63. The van der Waals surface area contributed by atoms with Gasteiger partial charge in [-0.2, -0.15) is 0 Å². The number of methoxy groups -OCH3 is 1. The van der Waals surface area contributed by atoms with Crippen LogP contribution in [0.3, 0.4) is 0 Å². The van der Waals surface area contributed by atoms with Gasteiger partial charge >= 0.3 is 0 Å². The smallest absolute Gasteiger partial charge is 0.253 e. The van der Waals surface area contributed by atoms with Gasteiger partial charge in [0.25, 0.3) is 5.91 Å². The molecule has 0 aromatic carbocycles. The number of halogens is 1. The first-order valence-corrected chi connectivity index (χ1v) is 15.5. The average molecular weight is 482 g/mol. The molecule has 2 aromatic rings. The Morgan fingerprint density at radius 2 is 1.97 bits per heavy atom. The summed E-state index contributed by atoms with van der Waals surface area (Å²) >= 11 is 6.47. The van der Waals surface area contributed by atoms with Crippen molar-refractivity contribution in [3.63, 3.8) is 0 Å². The Morgan fingerprint density at radius 3 is 2.66 bits per heavy atom. The average Bonchev–Trinajstić information content (AvgIpc) is 3.07. The van der Waals surface area contributed by atoms with Crippen LogP contribution in [0, 0.1) is 0 Å². The monoisotopic (exact) mass is 481 g/mol. The number of pyridine rings is 1. The molecule has 0 bridgehead atoms. The Kier molecular flexibility index (Phi) is 9.13. The van der Waals surface area contributed by atoms with Gasteiger partial charge in [0.15, 0.2) is 0 Å². The zero-order valence-electron chi connectivity index (χ0n) is 19.7. The number of ether oxygens (including phenoxy) is 3. The molecule has 1 aliphatic rings. The predicted octanol–water partition coefficient (Wildman–Crippen LogP) is 4.71. The molecule has 0 unspecified atom stereocenters. The molecule has 1 amide bonds. The van der Waals surface area contributed by atoms with E-state index in [1.807, 2.05) is 4.57 Å². The molecular weight excluding hydrogens is 446 g/mol. The highest BCUT2D eigenvalue weighted by molar-refractivity contribution is 6.76. The van der Waals surface area contributed by atoms with Gasteiger partial charge in [-0.15, -0.1) is 0 Å². The Bertz CT molecular complexity index is 891. The van der Waals surface area contributed by atoms with E-state index in [0.29, 0.717) is 42.8 Å². The van der Waals surface area contributed by atoms with Crippen LogP contribution in [-0.2, 0) is 20.9 Å². The second kappa shape index (κ2) is 11.6. The third-order valence-electron chi connectivity index (χ3n) is 5.85. The number of nitrogens with zero attached hydrogens (tertiary/aromatic N) is 2. The zero-order valence-corrected chi connectivity index (χ0v) is 21.4. The number of rotatable bonds is 11. The summed E-state index contributed by atoms with van der Waals surface area (Å²) in [5.74, 6) is -0.0979. The van der Waals surface area contributed by atoms with Crippen molar-refractivity contribution >= 4 is 36.6 Å². The molecule has 9 heteroatoms. The SMILES string of the molecule is COCCOC1CCC(NC(=O)c2ccnc3cc(Cl)n(COCC[Si](C)(C)C)c23)CC1. The van der Waals surface area contributed by atoms with Crippen LogP contribution in [0.2, 0.25) is 30.8 Å². The largest absolute Gasteiger partial charge is 0.382 e. The van der Waals surface area contributed by atoms with E-state index in [1.54, 1.807) is 25.4 Å². The molecule has 0 atom stereocenters. The van der Waals surface area contributed by atoms with E-state index in [9.17, 15) is 4.79 Å². The number of carbonyl (C=O) groups excluding carboxylic acids is 1. The number of hydrogen-bond donors (Lipinski definition) is 1. The van der Waals surface area contributed by atoms with Gasteiger partial charge in [-0.1, -0.05) is 31.2 Å². The lowest BCUT2D eigenvalue weighted by Gasteiger charge is -2.29. The van der Waals surface area contributed by atoms with Crippen LogP contribution >= 0.6 is 11.6 Å². The molecule has 0 aliphatic heterocycles. The summed E-state index contributed by atoms with van der Waals surface area (Å²) in [6.07, 6.45) is 5.58. The molecule has 1 N–H and O–H groups in total. The first-order chi connectivity index (χ1) is 15.3. The normalized spacial score (nSPS) is 19.4. The molecule has 1 saturated carbocycles. The molecule has 0 saturated heterocycles. The van der Waals surface area contributed by atoms with Crippen molar-refractivity contribution < 1.29 is 19.0 Å². The molecule has 3 rings (SSSR count). The summed E-state index contributed by atoms with van der Waals surface area (Å²) in [6.45, 7) is 9.18. The summed E-state index contributed by atoms with van der Waals surface area (Å²) < 4.78 is 18.6. The van der Waals surface area contributed by atoms with Gasteiger partial charge in [0, 0.05) is 40.1 Å². The third kappa shape index (κ3) is 7.02. The number of hydrogen-bond acceptors (Lipinski definition) is 5. The van der Waals surface area contributed by atoms with E-state index in [1.165, 1.54) is 0 Å². The molecular formula is C23H36ClN3O4Si. The molecule has 2 aromatic heterocycles. The minimum Gasteiger partial charge on any atom is -0.382 e. The summed E-state index contributed by atoms with van der Waals surface area (Å²) in [5, 5.41) is 3.72. The van der Waals surface area contributed by atoms with Gasteiger partial charge in [-0.05, 0) is 37.8 Å². The summed E-state index contributed by atoms with van der Waals surface area (Å²) in [6, 6.07) is 4.76. The second-order valence-electron chi connectivity index (χ2n) is 9.65. The molecule has 1 fully saturated rings. The van der Waals surface area contributed by atoms with Crippen molar-refractivity contribution in [1.82, 2.24) is 14.9 Å². The van der Waals surface area contributed by atoms with Crippen molar-refractivity contribution in [2.24, 2.45) is 0 Å². The maximum atomic E-state index is 13.2. The summed E-state index contributed by atoms with van der Waals surface area (Å²) in [7, 11) is 0.502. The van der Waals surface area contributed by atoms with Crippen LogP contribution in [0.15, 0.2) is 18.3 Å². The predicted molar refractivity (Wildman–Crippen MR) is 130 cm³/mol. The topological polar surface area (TPSA) is 74.6 Å². The zero-order chi connectivity index (χ0) is 23.1. The Hall–Kier alpha value is -1.45. The van der Waals surface area contributed by atoms with Gasteiger partial charge in [0.1, 0.15) is 11.9 Å². The third-order valence-corrected chi connectivity index (χ3v) is 7.87. The molecule has 1 aliphatic carbocycles. The Labute approximate surface area is 196 Å². The van der Waals surface area contributed by atoms with Crippen LogP contribution < -0.4 is 5.32 Å². The van der Waals surface area contributed by atoms with Crippen molar-refractivity contribution in [1.29, 1.82) is 0 Å². The number of nitrogens with one attached hydrogen (secondary N) is 1. The van der Waals surface area contributed by atoms with Crippen molar-refractivity contribution in [2.75, 3.05) is 26.9 Å². The van der Waals surface area contributed by atoms with Crippen molar-refractivity contribution in [3.05, 3.63) is 29.0 Å². The first-order valence-electron chi connectivity index (χ1n) is 11.4. The van der Waals surface area contributed by atoms with E-state index in [-0.39, 0.29) is 18.1 Å². The lowest BCUT2D eigenvalue weighted by atomic mass is 9.92. The fourth-order valence-electron chi connectivity index (χ4n) is 3.94. The van der Waals surface area contributed by atoms with E-state index < -0.39 is 8.07 Å². The van der Waals surface area contributed by atoms with Crippen LogP contribution in [0.4, 0.5) is 0 Å². The number of aromatic nitrogens is 2. The summed E-state index contributed by atoms with van der Waals surface area (Å²) in [5.41, 5.74) is 2.00. The van der Waals surface area contributed by atoms with Crippen LogP contribution in [0.1, 0.15) is 36.0 Å². The molecule has 0 spiro atoms. The maximum absolute atomic E-state index is 13.2. The van der Waals surface area contributed by atoms with E-state index in [2.05, 4.69) is 29.9 Å². The fraction of sp³-hybridized carbons (Fsp3) is 0.652. The minimum atomic E-state index is -1.17. The lowest BCUT2D eigenvalue weighted by Crippen LogP contribution is -2.39. The molecule has 0 radical (unpaired) electrons. The fourth-order valence-corrected chi connectivity index (χ4v) is 4.93. The molecule has 2 heterocycles. The quantitative estimate of drug-likeness (QED) is 0.371. The number of amides is 1. The minimum absolute atomic E-state index is 0.0979. The van der Waals surface area contributed by atoms with Crippen LogP contribution in [-0.4, -0.2) is 62.6 Å². The highest BCUT2D eigenvalue weighted by Gasteiger charge is 2.25. The standard InChI is InChI=1S/C23H36ClN3O4Si/c1-29-11-12-31-18-7-5-17(6-8-18)26-23(28)19-9-10-25-20-15-21(24)27(22(19)20)16-30-13-14-32(2,3)4/h9-10,15,17-18H,5-8,11-14,16H2,1-4H3,(H,26,28). The first kappa shape index (κ1) is 25.2. The highest BCUT2D eigenvalue weighted by Crippen LogP contribution is 2.27. The number of carbonyl (C=O) groups is 1. The summed E-state index contributed by atoms with van der Waals surface area (Å²) in [4.78, 5) is 17.6. The highest BCUT2D eigenvalue weighted by atomic mass is 35.5. The number of fused-ring (bicyclic) bond motifs is 1. The van der Waals surface area contributed by atoms with Gasteiger partial charge < -0.3 is 24.1 Å². The lowest BCUT2D eigenvalue weighted by molar-refractivity contribution is -0.00408. The van der Waals surface area contributed by atoms with Gasteiger partial charge in [0.05, 0.1) is 35.9 Å². The van der Waals surface area contributed by atoms with E-state index in [0.717, 1.165) is 37.2 Å². The molecule has 7 nitrogen and oxygen atoms in total. The van der Waals surface area contributed by atoms with E-state index in [4.69, 9.17) is 25.8 Å².